The van der Waals surface area contributed by atoms with Crippen molar-refractivity contribution in [2.75, 3.05) is 11.9 Å². The van der Waals surface area contributed by atoms with Gasteiger partial charge in [-0.05, 0) is 72.8 Å². The van der Waals surface area contributed by atoms with Crippen LogP contribution in [-0.2, 0) is 0 Å². The summed E-state index contributed by atoms with van der Waals surface area (Å²) in [5, 5.41) is 27.0. The van der Waals surface area contributed by atoms with Gasteiger partial charge in [-0.3, -0.25) is 0 Å². The Kier molecular flexibility index (Phi) is 6.24. The van der Waals surface area contributed by atoms with Crippen LogP contribution in [0.5, 0.6) is 11.6 Å². The molecular formula is C26H33B3FN5O2. The number of anilines is 1. The first kappa shape index (κ1) is 25.6. The number of benzene rings is 1. The highest BCUT2D eigenvalue weighted by Gasteiger charge is 2.50. The van der Waals surface area contributed by atoms with Crippen LogP contribution in [0.1, 0.15) is 46.0 Å². The van der Waals surface area contributed by atoms with E-state index in [0.717, 1.165) is 18.7 Å². The highest BCUT2D eigenvalue weighted by atomic mass is 19.1. The summed E-state index contributed by atoms with van der Waals surface area (Å²) in [6, 6.07) is 8.51. The maximum absolute atomic E-state index is 15.3. The molecule has 2 bridgehead atoms. The van der Waals surface area contributed by atoms with E-state index in [2.05, 4.69) is 46.2 Å². The minimum Gasteiger partial charge on any atom is -0.507 e. The summed E-state index contributed by atoms with van der Waals surface area (Å²) in [5.74, 6) is 0.275. The van der Waals surface area contributed by atoms with E-state index in [4.69, 9.17) is 4.74 Å². The van der Waals surface area contributed by atoms with Crippen molar-refractivity contribution >= 4 is 29.4 Å². The van der Waals surface area contributed by atoms with Gasteiger partial charge in [0.15, 0.2) is 5.82 Å². The molecule has 0 aliphatic heterocycles. The van der Waals surface area contributed by atoms with E-state index in [1.165, 1.54) is 37.6 Å². The van der Waals surface area contributed by atoms with Gasteiger partial charge in [0.05, 0.1) is 17.5 Å². The summed E-state index contributed by atoms with van der Waals surface area (Å²) in [6.07, 6.45) is 7.66. The number of aromatic hydroxyl groups is 1. The van der Waals surface area contributed by atoms with Crippen LogP contribution < -0.4 is 9.64 Å². The molecule has 3 atom stereocenters. The van der Waals surface area contributed by atoms with Gasteiger partial charge in [0, 0.05) is 30.0 Å². The molecular weight excluding hydrogens is 466 g/mol. The third kappa shape index (κ3) is 5.31. The quantitative estimate of drug-likeness (QED) is 0.521. The summed E-state index contributed by atoms with van der Waals surface area (Å²) >= 11 is 0. The van der Waals surface area contributed by atoms with Gasteiger partial charge in [-0.2, -0.15) is 5.10 Å². The molecule has 11 heteroatoms. The van der Waals surface area contributed by atoms with Gasteiger partial charge in [-0.25, -0.2) is 4.39 Å². The average molecular weight is 499 g/mol. The normalized spacial score (nSPS) is 25.1. The Morgan fingerprint density at radius 2 is 1.73 bits per heavy atom. The van der Waals surface area contributed by atoms with Crippen molar-refractivity contribution in [1.29, 1.82) is 0 Å². The largest absolute Gasteiger partial charge is 0.507 e. The fourth-order valence-corrected chi connectivity index (χ4v) is 6.36. The SMILES string of the molecule is BC(B)(B)Oc1cc(-c2cc(O)c(-c3ccc(N(C)[C@H]4C[C@]5(C)CC[C@](C)(C4)C5)nn3)c(F)c2)cnn1. The molecule has 2 saturated carbocycles. The first-order valence-electron chi connectivity index (χ1n) is 12.9. The second kappa shape index (κ2) is 9.03. The van der Waals surface area contributed by atoms with Crippen molar-refractivity contribution in [3.8, 4) is 34.0 Å². The topological polar surface area (TPSA) is 84.3 Å². The Morgan fingerprint density at radius 1 is 1.03 bits per heavy atom. The number of halogens is 1. The zero-order chi connectivity index (χ0) is 26.6. The molecule has 2 heterocycles. The molecule has 0 unspecified atom stereocenters. The van der Waals surface area contributed by atoms with E-state index in [-0.39, 0.29) is 17.0 Å². The third-order valence-electron chi connectivity index (χ3n) is 7.90. The zero-order valence-corrected chi connectivity index (χ0v) is 22.5. The van der Waals surface area contributed by atoms with Gasteiger partial charge in [0.2, 0.25) is 5.88 Å². The fourth-order valence-electron chi connectivity index (χ4n) is 6.36. The van der Waals surface area contributed by atoms with Crippen molar-refractivity contribution in [2.24, 2.45) is 10.8 Å². The molecule has 190 valence electrons. The van der Waals surface area contributed by atoms with Crippen molar-refractivity contribution in [2.45, 2.75) is 57.3 Å². The van der Waals surface area contributed by atoms with Gasteiger partial charge in [-0.15, -0.1) is 15.3 Å². The minimum atomic E-state index is -0.592. The van der Waals surface area contributed by atoms with Crippen molar-refractivity contribution in [1.82, 2.24) is 20.4 Å². The lowest BCUT2D eigenvalue weighted by atomic mass is 9.52. The third-order valence-corrected chi connectivity index (χ3v) is 7.90. The van der Waals surface area contributed by atoms with E-state index in [9.17, 15) is 5.11 Å². The smallest absolute Gasteiger partial charge is 0.232 e. The standard InChI is InChI=1S/C26H33B3FN5O2/c1-24-6-7-25(2,14-24)12-17(11-24)35(3)21-5-4-19(32-33-21)23-18(30)8-15(9-20(23)36)16-10-22(34-31-13-16)37-26(27,28)29/h4-5,8-10,13,17,36H,6-7,11-12,14,27-29H2,1-3H3/t17-,24-,25+. The molecule has 5 rings (SSSR count). The molecule has 2 fully saturated rings. The minimum absolute atomic E-state index is 0.0226. The maximum atomic E-state index is 15.3. The number of rotatable bonds is 6. The van der Waals surface area contributed by atoms with Crippen LogP contribution in [0.4, 0.5) is 10.2 Å². The van der Waals surface area contributed by atoms with Crippen LogP contribution in [-0.4, -0.2) is 67.4 Å². The lowest BCUT2D eigenvalue weighted by Crippen LogP contribution is -2.42. The Labute approximate surface area is 220 Å². The van der Waals surface area contributed by atoms with E-state index < -0.39 is 11.1 Å². The number of ether oxygens (including phenoxy) is 1. The number of fused-ring (bicyclic) bond motifs is 2. The Balaban J connectivity index is 1.37. The molecule has 2 aliphatic rings. The van der Waals surface area contributed by atoms with Crippen molar-refractivity contribution in [3.63, 3.8) is 0 Å². The van der Waals surface area contributed by atoms with Gasteiger partial charge >= 0.3 is 0 Å². The van der Waals surface area contributed by atoms with Crippen LogP contribution >= 0.6 is 0 Å². The molecule has 3 aromatic rings. The number of hydrogen-bond acceptors (Lipinski definition) is 7. The highest BCUT2D eigenvalue weighted by Crippen LogP contribution is 2.58. The predicted octanol–water partition coefficient (Wildman–Crippen LogP) is 2.13. The summed E-state index contributed by atoms with van der Waals surface area (Å²) in [4.78, 5) is 2.21. The van der Waals surface area contributed by atoms with Gasteiger partial charge in [-0.1, -0.05) is 13.8 Å². The predicted molar refractivity (Wildman–Crippen MR) is 151 cm³/mol. The second-order valence-electron chi connectivity index (χ2n) is 12.6. The summed E-state index contributed by atoms with van der Waals surface area (Å²) in [7, 11) is 7.79. The first-order valence-corrected chi connectivity index (χ1v) is 12.9. The van der Waals surface area contributed by atoms with Crippen LogP contribution in [0.25, 0.3) is 22.4 Å². The Morgan fingerprint density at radius 3 is 2.32 bits per heavy atom. The highest BCUT2D eigenvalue weighted by molar-refractivity contribution is 6.58. The van der Waals surface area contributed by atoms with E-state index in [0.29, 0.717) is 33.9 Å². The number of phenolic OH excluding ortho intramolecular Hbond substituents is 1. The van der Waals surface area contributed by atoms with E-state index >= 15 is 4.39 Å². The summed E-state index contributed by atoms with van der Waals surface area (Å²) in [5.41, 5.74) is 2.13. The van der Waals surface area contributed by atoms with Crippen LogP contribution in [0.3, 0.4) is 0 Å². The maximum Gasteiger partial charge on any atom is 0.232 e. The van der Waals surface area contributed by atoms with Crippen LogP contribution in [0.2, 0.25) is 0 Å². The number of nitrogens with zero attached hydrogens (tertiary/aromatic N) is 5. The molecule has 2 aromatic heterocycles. The number of aromatic nitrogens is 4. The summed E-state index contributed by atoms with van der Waals surface area (Å²) in [6.45, 7) is 4.81. The Hall–Kier alpha value is -3.10. The van der Waals surface area contributed by atoms with E-state index in [1.54, 1.807) is 12.1 Å². The molecule has 0 spiro atoms. The number of hydrogen-bond donors (Lipinski definition) is 1. The lowest BCUT2D eigenvalue weighted by molar-refractivity contribution is 0.148. The monoisotopic (exact) mass is 499 g/mol. The molecule has 1 aromatic carbocycles. The Bertz CT molecular complexity index is 1280. The van der Waals surface area contributed by atoms with Gasteiger partial charge < -0.3 is 14.7 Å². The average Bonchev–Trinajstić information content (AvgIpc) is 3.04. The molecule has 0 amide bonds. The molecule has 0 saturated heterocycles. The van der Waals surface area contributed by atoms with Crippen molar-refractivity contribution in [3.05, 3.63) is 42.3 Å². The molecule has 37 heavy (non-hydrogen) atoms. The van der Waals surface area contributed by atoms with Gasteiger partial charge in [0.1, 0.15) is 35.1 Å². The second-order valence-corrected chi connectivity index (χ2v) is 12.6. The molecule has 7 nitrogen and oxygen atoms in total. The van der Waals surface area contributed by atoms with Gasteiger partial charge in [0.25, 0.3) is 0 Å². The fraction of sp³-hybridized carbons (Fsp3) is 0.462. The molecule has 1 N–H and O–H groups in total. The van der Waals surface area contributed by atoms with Crippen LogP contribution in [0.15, 0.2) is 36.5 Å². The zero-order valence-electron chi connectivity index (χ0n) is 22.5. The number of phenols is 1. The van der Waals surface area contributed by atoms with E-state index in [1.807, 2.05) is 29.6 Å². The summed E-state index contributed by atoms with van der Waals surface area (Å²) < 4.78 is 21.0. The lowest BCUT2D eigenvalue weighted by Gasteiger charge is -2.44. The molecule has 0 radical (unpaired) electrons. The first-order chi connectivity index (χ1) is 17.3. The molecule has 2 aliphatic carbocycles. The van der Waals surface area contributed by atoms with Crippen LogP contribution in [0, 0.1) is 16.6 Å². The van der Waals surface area contributed by atoms with Crippen molar-refractivity contribution < 1.29 is 14.2 Å².